The van der Waals surface area contributed by atoms with Crippen molar-refractivity contribution < 1.29 is 24.2 Å². The van der Waals surface area contributed by atoms with Crippen LogP contribution in [0.15, 0.2) is 30.3 Å². The summed E-state index contributed by atoms with van der Waals surface area (Å²) in [6, 6.07) is 8.30. The molecule has 1 aromatic rings. The van der Waals surface area contributed by atoms with Crippen LogP contribution in [0, 0.1) is 0 Å². The molecular weight excluding hydrogens is 236 g/mol. The number of hydrogen-bond acceptors (Lipinski definition) is 4. The maximum absolute atomic E-state index is 10.4. The second-order valence-corrected chi connectivity index (χ2v) is 3.35. The van der Waals surface area contributed by atoms with Gasteiger partial charge in [0.1, 0.15) is 12.2 Å². The maximum Gasteiger partial charge on any atom is 0.335 e. The van der Waals surface area contributed by atoms with Crippen molar-refractivity contribution >= 4 is 17.7 Å². The van der Waals surface area contributed by atoms with E-state index in [9.17, 15) is 14.4 Å². The zero-order valence-corrected chi connectivity index (χ0v) is 10.4. The first-order chi connectivity index (χ1) is 8.47. The Balaban J connectivity index is 0.000000321. The first-order valence-electron chi connectivity index (χ1n) is 5.40. The molecule has 0 unspecified atom stereocenters. The zero-order valence-electron chi connectivity index (χ0n) is 10.4. The number of ether oxygens (including phenoxy) is 1. The van der Waals surface area contributed by atoms with Crippen LogP contribution in [0.3, 0.4) is 0 Å². The molecule has 0 aliphatic heterocycles. The molecule has 1 N–H and O–H groups in total. The summed E-state index contributed by atoms with van der Waals surface area (Å²) in [5.74, 6) is -1.48. The van der Waals surface area contributed by atoms with Crippen LogP contribution >= 0.6 is 0 Å². The van der Waals surface area contributed by atoms with Gasteiger partial charge in [0.05, 0.1) is 12.2 Å². The Morgan fingerprint density at radius 2 is 1.72 bits per heavy atom. The van der Waals surface area contributed by atoms with Gasteiger partial charge in [0, 0.05) is 0 Å². The fraction of sp³-hybridized carbons (Fsp3) is 0.308. The number of esters is 1. The van der Waals surface area contributed by atoms with Crippen molar-refractivity contribution in [3.8, 4) is 0 Å². The van der Waals surface area contributed by atoms with Gasteiger partial charge in [0.2, 0.25) is 0 Å². The Labute approximate surface area is 105 Å². The van der Waals surface area contributed by atoms with Crippen molar-refractivity contribution in [3.63, 3.8) is 0 Å². The van der Waals surface area contributed by atoms with Crippen molar-refractivity contribution in [3.05, 3.63) is 35.9 Å². The number of carboxylic acids is 1. The van der Waals surface area contributed by atoms with Crippen LogP contribution in [-0.2, 0) is 14.3 Å². The molecule has 5 heteroatoms. The maximum atomic E-state index is 10.4. The highest BCUT2D eigenvalue weighted by Crippen LogP contribution is 1.96. The van der Waals surface area contributed by atoms with Crippen LogP contribution < -0.4 is 0 Å². The van der Waals surface area contributed by atoms with Crippen LogP contribution in [0.2, 0.25) is 0 Å². The van der Waals surface area contributed by atoms with Gasteiger partial charge < -0.3 is 9.84 Å². The molecule has 0 aromatic heterocycles. The number of hydrogen-bond donors (Lipinski definition) is 1. The lowest BCUT2D eigenvalue weighted by molar-refractivity contribution is -0.145. The molecule has 0 saturated heterocycles. The molecule has 1 rings (SSSR count). The fourth-order valence-corrected chi connectivity index (χ4v) is 0.996. The molecule has 0 saturated carbocycles. The molecule has 0 aliphatic carbocycles. The number of aromatic carboxylic acids is 1. The second-order valence-electron chi connectivity index (χ2n) is 3.35. The number of rotatable bonds is 4. The minimum Gasteiger partial charge on any atom is -0.478 e. The molecule has 0 fully saturated rings. The average Bonchev–Trinajstić information content (AvgIpc) is 2.30. The number of carbonyl (C=O) groups is 3. The number of Topliss-reactive ketones (excluding diaryl/α,β-unsaturated/α-hetero) is 1. The third kappa shape index (κ3) is 8.04. The van der Waals surface area contributed by atoms with E-state index < -0.39 is 11.9 Å². The van der Waals surface area contributed by atoms with Gasteiger partial charge in [0.15, 0.2) is 0 Å². The van der Waals surface area contributed by atoms with Crippen molar-refractivity contribution in [2.24, 2.45) is 0 Å². The van der Waals surface area contributed by atoms with Gasteiger partial charge in [-0.05, 0) is 26.0 Å². The van der Waals surface area contributed by atoms with Crippen LogP contribution in [0.4, 0.5) is 0 Å². The van der Waals surface area contributed by atoms with Gasteiger partial charge in [0.25, 0.3) is 0 Å². The molecule has 0 atom stereocenters. The Morgan fingerprint density at radius 3 is 2.06 bits per heavy atom. The quantitative estimate of drug-likeness (QED) is 0.654. The number of ketones is 1. The summed E-state index contributed by atoms with van der Waals surface area (Å²) < 4.78 is 4.49. The number of benzene rings is 1. The molecule has 0 amide bonds. The predicted molar refractivity (Wildman–Crippen MR) is 65.3 cm³/mol. The zero-order chi connectivity index (χ0) is 14.0. The van der Waals surface area contributed by atoms with Crippen LogP contribution in [0.1, 0.15) is 30.6 Å². The first kappa shape index (κ1) is 15.8. The van der Waals surface area contributed by atoms with Gasteiger partial charge in [-0.15, -0.1) is 0 Å². The summed E-state index contributed by atoms with van der Waals surface area (Å²) in [4.78, 5) is 30.8. The lowest BCUT2D eigenvalue weighted by Crippen LogP contribution is -2.07. The fourth-order valence-electron chi connectivity index (χ4n) is 0.996. The van der Waals surface area contributed by atoms with Gasteiger partial charge in [-0.3, -0.25) is 9.59 Å². The number of carboxylic acid groups (broad SMARTS) is 1. The molecule has 0 radical (unpaired) electrons. The van der Waals surface area contributed by atoms with E-state index in [4.69, 9.17) is 5.11 Å². The minimum atomic E-state index is -0.879. The van der Waals surface area contributed by atoms with E-state index in [1.807, 2.05) is 0 Å². The van der Waals surface area contributed by atoms with Gasteiger partial charge in [-0.2, -0.15) is 0 Å². The van der Waals surface area contributed by atoms with Crippen LogP contribution in [-0.4, -0.2) is 29.4 Å². The summed E-state index contributed by atoms with van der Waals surface area (Å²) in [6.07, 6.45) is -0.103. The predicted octanol–water partition coefficient (Wildman–Crippen LogP) is 1.91. The largest absolute Gasteiger partial charge is 0.478 e. The molecule has 0 spiro atoms. The van der Waals surface area contributed by atoms with Crippen molar-refractivity contribution in [2.75, 3.05) is 6.61 Å². The third-order valence-corrected chi connectivity index (χ3v) is 1.72. The van der Waals surface area contributed by atoms with Crippen LogP contribution in [0.25, 0.3) is 0 Å². The van der Waals surface area contributed by atoms with E-state index in [1.165, 1.54) is 6.92 Å². The minimum absolute atomic E-state index is 0.103. The van der Waals surface area contributed by atoms with Gasteiger partial charge >= 0.3 is 11.9 Å². The number of carbonyl (C=O) groups excluding carboxylic acids is 2. The Bertz CT molecular complexity index is 397. The summed E-state index contributed by atoms with van der Waals surface area (Å²) in [5.41, 5.74) is 0.331. The van der Waals surface area contributed by atoms with E-state index in [0.717, 1.165) is 0 Å². The SMILES string of the molecule is CCOC(=O)CC(C)=O.O=C(O)c1ccccc1. The summed E-state index contributed by atoms with van der Waals surface area (Å²) in [6.45, 7) is 3.40. The smallest absolute Gasteiger partial charge is 0.335 e. The third-order valence-electron chi connectivity index (χ3n) is 1.72. The normalized spacial score (nSPS) is 8.78. The Morgan fingerprint density at radius 1 is 1.17 bits per heavy atom. The topological polar surface area (TPSA) is 80.7 Å². The summed E-state index contributed by atoms with van der Waals surface area (Å²) in [5, 5.41) is 8.38. The van der Waals surface area contributed by atoms with E-state index in [2.05, 4.69) is 4.74 Å². The monoisotopic (exact) mass is 252 g/mol. The molecule has 0 bridgehead atoms. The highest BCUT2D eigenvalue weighted by atomic mass is 16.5. The molecule has 98 valence electrons. The van der Waals surface area contributed by atoms with Crippen molar-refractivity contribution in [1.29, 1.82) is 0 Å². The molecule has 0 aliphatic rings. The van der Waals surface area contributed by atoms with E-state index in [-0.39, 0.29) is 12.2 Å². The molecule has 18 heavy (non-hydrogen) atoms. The van der Waals surface area contributed by atoms with E-state index in [0.29, 0.717) is 12.2 Å². The molecule has 5 nitrogen and oxygen atoms in total. The summed E-state index contributed by atoms with van der Waals surface area (Å²) in [7, 11) is 0. The van der Waals surface area contributed by atoms with Crippen LogP contribution in [0.5, 0.6) is 0 Å². The first-order valence-corrected chi connectivity index (χ1v) is 5.40. The molecule has 1 aromatic carbocycles. The van der Waals surface area contributed by atoms with E-state index >= 15 is 0 Å². The van der Waals surface area contributed by atoms with E-state index in [1.54, 1.807) is 37.3 Å². The lowest BCUT2D eigenvalue weighted by atomic mass is 10.2. The standard InChI is InChI=1S/C7H6O2.C6H10O3/c8-7(9)6-4-2-1-3-5-6;1-3-9-6(8)4-5(2)7/h1-5H,(H,8,9);3-4H2,1-2H3. The highest BCUT2D eigenvalue weighted by molar-refractivity contribution is 5.94. The van der Waals surface area contributed by atoms with Gasteiger partial charge in [-0.1, -0.05) is 18.2 Å². The average molecular weight is 252 g/mol. The molecular formula is C13H16O5. The summed E-state index contributed by atoms with van der Waals surface area (Å²) >= 11 is 0. The molecule has 0 heterocycles. The van der Waals surface area contributed by atoms with Crippen molar-refractivity contribution in [2.45, 2.75) is 20.3 Å². The second kappa shape index (κ2) is 8.92. The Kier molecular flexibility index (Phi) is 7.85. The lowest BCUT2D eigenvalue weighted by Gasteiger charge is -1.96. The van der Waals surface area contributed by atoms with Gasteiger partial charge in [-0.25, -0.2) is 4.79 Å². The van der Waals surface area contributed by atoms with Crippen molar-refractivity contribution in [1.82, 2.24) is 0 Å². The Hall–Kier alpha value is -2.17. The highest BCUT2D eigenvalue weighted by Gasteiger charge is 2.03.